The minimum Gasteiger partial charge on any atom is -0.494 e. The highest BCUT2D eigenvalue weighted by atomic mass is 32.2. The lowest BCUT2D eigenvalue weighted by molar-refractivity contribution is 0.231. The fourth-order valence-electron chi connectivity index (χ4n) is 2.89. The third-order valence-corrected chi connectivity index (χ3v) is 5.25. The molecule has 0 spiro atoms. The van der Waals surface area contributed by atoms with E-state index in [1.807, 2.05) is 12.1 Å². The van der Waals surface area contributed by atoms with Crippen LogP contribution in [0.5, 0.6) is 5.75 Å². The molecule has 130 valence electrons. The molecule has 1 aromatic carbocycles. The van der Waals surface area contributed by atoms with Crippen molar-refractivity contribution in [1.29, 1.82) is 0 Å². The Hall–Kier alpha value is -1.11. The van der Waals surface area contributed by atoms with Crippen LogP contribution < -0.4 is 9.88 Å². The van der Waals surface area contributed by atoms with Gasteiger partial charge in [0.2, 0.25) is 10.0 Å². The second-order valence-corrected chi connectivity index (χ2v) is 7.70. The summed E-state index contributed by atoms with van der Waals surface area (Å²) in [5, 5.41) is 5.39. The van der Waals surface area contributed by atoms with Gasteiger partial charge in [-0.3, -0.25) is 0 Å². The quantitative estimate of drug-likeness (QED) is 0.738. The standard InChI is InChI=1S/C17H28N2O3S/c1-2-3-13-22-16-8-7-15(17(14-16)23(18,20)21)9-12-19-10-5-4-6-11-19/h7-8,14H,2-6,9-13H2,1H3,(H2,18,20,21). The number of rotatable bonds is 8. The molecule has 2 N–H and O–H groups in total. The Morgan fingerprint density at radius 2 is 1.96 bits per heavy atom. The molecule has 1 fully saturated rings. The minimum atomic E-state index is -3.74. The molecule has 0 amide bonds. The highest BCUT2D eigenvalue weighted by Crippen LogP contribution is 2.23. The lowest BCUT2D eigenvalue weighted by Gasteiger charge is -2.26. The van der Waals surface area contributed by atoms with Crippen molar-refractivity contribution in [1.82, 2.24) is 4.90 Å². The average Bonchev–Trinajstić information content (AvgIpc) is 2.54. The Morgan fingerprint density at radius 1 is 1.22 bits per heavy atom. The van der Waals surface area contributed by atoms with Crippen molar-refractivity contribution in [3.63, 3.8) is 0 Å². The smallest absolute Gasteiger partial charge is 0.238 e. The summed E-state index contributed by atoms with van der Waals surface area (Å²) < 4.78 is 29.4. The predicted octanol–water partition coefficient (Wildman–Crippen LogP) is 2.54. The third kappa shape index (κ3) is 5.79. The lowest BCUT2D eigenvalue weighted by atomic mass is 10.1. The van der Waals surface area contributed by atoms with Gasteiger partial charge in [0.1, 0.15) is 5.75 Å². The van der Waals surface area contributed by atoms with Gasteiger partial charge >= 0.3 is 0 Å². The third-order valence-electron chi connectivity index (χ3n) is 4.26. The van der Waals surface area contributed by atoms with Crippen LogP contribution in [0.15, 0.2) is 23.1 Å². The van der Waals surface area contributed by atoms with Crippen LogP contribution in [0.1, 0.15) is 44.6 Å². The van der Waals surface area contributed by atoms with E-state index < -0.39 is 10.0 Å². The van der Waals surface area contributed by atoms with Crippen LogP contribution in [-0.4, -0.2) is 39.6 Å². The first-order valence-electron chi connectivity index (χ1n) is 8.51. The molecule has 0 atom stereocenters. The molecule has 0 saturated carbocycles. The van der Waals surface area contributed by atoms with Gasteiger partial charge in [0.15, 0.2) is 0 Å². The molecule has 1 saturated heterocycles. The Labute approximate surface area is 139 Å². The van der Waals surface area contributed by atoms with Crippen molar-refractivity contribution in [3.8, 4) is 5.75 Å². The largest absolute Gasteiger partial charge is 0.494 e. The van der Waals surface area contributed by atoms with Crippen molar-refractivity contribution < 1.29 is 13.2 Å². The molecular weight excluding hydrogens is 312 g/mol. The molecule has 0 aliphatic carbocycles. The van der Waals surface area contributed by atoms with Crippen LogP contribution in [0.2, 0.25) is 0 Å². The second-order valence-electron chi connectivity index (χ2n) is 6.17. The van der Waals surface area contributed by atoms with Crippen LogP contribution in [0, 0.1) is 0 Å². The molecule has 1 aromatic rings. The van der Waals surface area contributed by atoms with Crippen molar-refractivity contribution in [2.75, 3.05) is 26.2 Å². The molecule has 0 radical (unpaired) electrons. The van der Waals surface area contributed by atoms with Gasteiger partial charge in [0.05, 0.1) is 11.5 Å². The number of likely N-dealkylation sites (tertiary alicyclic amines) is 1. The number of hydrogen-bond donors (Lipinski definition) is 1. The van der Waals surface area contributed by atoms with E-state index in [0.29, 0.717) is 18.8 Å². The fraction of sp³-hybridized carbons (Fsp3) is 0.647. The molecule has 2 rings (SSSR count). The first-order chi connectivity index (χ1) is 11.0. The van der Waals surface area contributed by atoms with Crippen molar-refractivity contribution in [2.45, 2.75) is 50.3 Å². The summed E-state index contributed by atoms with van der Waals surface area (Å²) in [6.07, 6.45) is 6.43. The van der Waals surface area contributed by atoms with Crippen molar-refractivity contribution in [2.24, 2.45) is 5.14 Å². The van der Waals surface area contributed by atoms with E-state index in [0.717, 1.165) is 38.0 Å². The molecule has 0 unspecified atom stereocenters. The van der Waals surface area contributed by atoms with E-state index in [2.05, 4.69) is 11.8 Å². The number of benzene rings is 1. The summed E-state index contributed by atoms with van der Waals surface area (Å²) in [6, 6.07) is 5.25. The Balaban J connectivity index is 2.07. The zero-order valence-corrected chi connectivity index (χ0v) is 14.8. The summed E-state index contributed by atoms with van der Waals surface area (Å²) in [5.41, 5.74) is 0.779. The molecule has 6 heteroatoms. The van der Waals surface area contributed by atoms with E-state index in [1.54, 1.807) is 6.07 Å². The second kappa shape index (κ2) is 8.66. The predicted molar refractivity (Wildman–Crippen MR) is 92.2 cm³/mol. The molecule has 0 aromatic heterocycles. The number of piperidine rings is 1. The highest BCUT2D eigenvalue weighted by molar-refractivity contribution is 7.89. The molecule has 1 heterocycles. The summed E-state index contributed by atoms with van der Waals surface area (Å²) in [4.78, 5) is 2.59. The maximum absolute atomic E-state index is 11.9. The van der Waals surface area contributed by atoms with E-state index in [-0.39, 0.29) is 4.90 Å². The summed E-state index contributed by atoms with van der Waals surface area (Å²) in [6.45, 7) is 5.75. The molecule has 23 heavy (non-hydrogen) atoms. The normalized spacial score (nSPS) is 16.4. The van der Waals surface area contributed by atoms with Gasteiger partial charge in [-0.05, 0) is 50.4 Å². The van der Waals surface area contributed by atoms with Gasteiger partial charge in [-0.25, -0.2) is 13.6 Å². The molecule has 5 nitrogen and oxygen atoms in total. The van der Waals surface area contributed by atoms with Gasteiger partial charge < -0.3 is 9.64 Å². The zero-order chi connectivity index (χ0) is 16.7. The first kappa shape index (κ1) is 18.2. The Bertz CT molecular complexity index is 596. The van der Waals surface area contributed by atoms with Gasteiger partial charge in [-0.1, -0.05) is 25.8 Å². The number of ether oxygens (including phenoxy) is 1. The molecular formula is C17H28N2O3S. The van der Waals surface area contributed by atoms with Crippen LogP contribution >= 0.6 is 0 Å². The first-order valence-corrected chi connectivity index (χ1v) is 10.1. The number of sulfonamides is 1. The van der Waals surface area contributed by atoms with Crippen LogP contribution in [0.3, 0.4) is 0 Å². The average molecular weight is 340 g/mol. The summed E-state index contributed by atoms with van der Waals surface area (Å²) >= 11 is 0. The van der Waals surface area contributed by atoms with Gasteiger partial charge in [0.25, 0.3) is 0 Å². The fourth-order valence-corrected chi connectivity index (χ4v) is 3.71. The van der Waals surface area contributed by atoms with E-state index in [4.69, 9.17) is 9.88 Å². The minimum absolute atomic E-state index is 0.198. The summed E-state index contributed by atoms with van der Waals surface area (Å²) in [5.74, 6) is 0.573. The molecule has 1 aliphatic heterocycles. The van der Waals surface area contributed by atoms with E-state index in [9.17, 15) is 8.42 Å². The van der Waals surface area contributed by atoms with Gasteiger partial charge in [0, 0.05) is 12.6 Å². The van der Waals surface area contributed by atoms with Crippen LogP contribution in [0.4, 0.5) is 0 Å². The maximum Gasteiger partial charge on any atom is 0.238 e. The number of nitrogens with two attached hydrogens (primary N) is 1. The number of primary sulfonamides is 1. The lowest BCUT2D eigenvalue weighted by Crippen LogP contribution is -2.31. The molecule has 1 aliphatic rings. The van der Waals surface area contributed by atoms with E-state index >= 15 is 0 Å². The molecule has 0 bridgehead atoms. The summed E-state index contributed by atoms with van der Waals surface area (Å²) in [7, 11) is -3.74. The van der Waals surface area contributed by atoms with Gasteiger partial charge in [-0.15, -0.1) is 0 Å². The van der Waals surface area contributed by atoms with Crippen LogP contribution in [0.25, 0.3) is 0 Å². The SMILES string of the molecule is CCCCOc1ccc(CCN2CCCCC2)c(S(N)(=O)=O)c1. The van der Waals surface area contributed by atoms with Crippen molar-refractivity contribution >= 4 is 10.0 Å². The highest BCUT2D eigenvalue weighted by Gasteiger charge is 2.17. The maximum atomic E-state index is 11.9. The Morgan fingerprint density at radius 3 is 2.61 bits per heavy atom. The zero-order valence-electron chi connectivity index (χ0n) is 14.0. The monoisotopic (exact) mass is 340 g/mol. The Kier molecular flexibility index (Phi) is 6.87. The van der Waals surface area contributed by atoms with Gasteiger partial charge in [-0.2, -0.15) is 0 Å². The van der Waals surface area contributed by atoms with Crippen molar-refractivity contribution in [3.05, 3.63) is 23.8 Å². The van der Waals surface area contributed by atoms with Crippen LogP contribution in [-0.2, 0) is 16.4 Å². The number of hydrogen-bond acceptors (Lipinski definition) is 4. The van der Waals surface area contributed by atoms with E-state index in [1.165, 1.54) is 19.3 Å². The number of nitrogens with zero attached hydrogens (tertiary/aromatic N) is 1. The number of unbranched alkanes of at least 4 members (excludes halogenated alkanes) is 1. The topological polar surface area (TPSA) is 72.6 Å².